The van der Waals surface area contributed by atoms with Crippen LogP contribution in [-0.4, -0.2) is 17.0 Å². The number of ether oxygens (including phenoxy) is 1. The van der Waals surface area contributed by atoms with Gasteiger partial charge in [-0.05, 0) is 37.6 Å². The maximum atomic E-state index is 11.1. The molecule has 0 unspecified atom stereocenters. The molecule has 0 saturated heterocycles. The molecule has 0 amide bonds. The molecule has 3 rings (SSSR count). The van der Waals surface area contributed by atoms with E-state index in [-0.39, 0.29) is 10.6 Å². The van der Waals surface area contributed by atoms with Crippen LogP contribution in [0.15, 0.2) is 36.4 Å². The van der Waals surface area contributed by atoms with E-state index in [2.05, 4.69) is 4.98 Å². The smallest absolute Gasteiger partial charge is 0.274 e. The lowest BCUT2D eigenvalue weighted by Gasteiger charge is -2.05. The first-order valence-electron chi connectivity index (χ1n) is 6.93. The summed E-state index contributed by atoms with van der Waals surface area (Å²) in [5.41, 5.74) is 4.64. The van der Waals surface area contributed by atoms with Crippen LogP contribution in [0.25, 0.3) is 22.0 Å². The number of nitrogens with zero attached hydrogens (tertiary/aromatic N) is 1. The highest BCUT2D eigenvalue weighted by atomic mass is 16.6. The van der Waals surface area contributed by atoms with E-state index in [1.54, 1.807) is 26.2 Å². The van der Waals surface area contributed by atoms with Gasteiger partial charge in [-0.15, -0.1) is 0 Å². The number of nitro benzene ring substituents is 1. The van der Waals surface area contributed by atoms with Crippen molar-refractivity contribution >= 4 is 16.6 Å². The van der Waals surface area contributed by atoms with Crippen LogP contribution >= 0.6 is 0 Å². The Morgan fingerprint density at radius 1 is 1.18 bits per heavy atom. The summed E-state index contributed by atoms with van der Waals surface area (Å²) < 4.78 is 5.28. The molecule has 5 heteroatoms. The second-order valence-corrected chi connectivity index (χ2v) is 5.25. The maximum absolute atomic E-state index is 11.1. The molecule has 0 spiro atoms. The highest BCUT2D eigenvalue weighted by molar-refractivity contribution is 6.00. The number of hydrogen-bond donors (Lipinski definition) is 1. The first-order chi connectivity index (χ1) is 10.5. The van der Waals surface area contributed by atoms with Gasteiger partial charge in [0.05, 0.1) is 23.1 Å². The topological polar surface area (TPSA) is 68.2 Å². The van der Waals surface area contributed by atoms with Gasteiger partial charge in [-0.1, -0.05) is 12.1 Å². The molecule has 2 aromatic carbocycles. The molecule has 1 N–H and O–H groups in total. The normalized spacial score (nSPS) is 10.9. The van der Waals surface area contributed by atoms with Gasteiger partial charge in [0, 0.05) is 22.7 Å². The highest BCUT2D eigenvalue weighted by Crippen LogP contribution is 2.37. The molecule has 0 bridgehead atoms. The van der Waals surface area contributed by atoms with Crippen LogP contribution in [0.5, 0.6) is 5.75 Å². The number of methoxy groups -OCH3 is 1. The Bertz CT molecular complexity index is 881. The lowest BCUT2D eigenvalue weighted by Crippen LogP contribution is -1.91. The van der Waals surface area contributed by atoms with Crippen LogP contribution < -0.4 is 4.74 Å². The molecule has 0 fully saturated rings. The summed E-state index contributed by atoms with van der Waals surface area (Å²) >= 11 is 0. The third kappa shape index (κ3) is 2.11. The average molecular weight is 296 g/mol. The maximum Gasteiger partial charge on any atom is 0.274 e. The summed E-state index contributed by atoms with van der Waals surface area (Å²) in [7, 11) is 1.63. The molecule has 1 heterocycles. The molecular formula is C17H16N2O3. The number of aromatic nitrogens is 1. The lowest BCUT2D eigenvalue weighted by atomic mass is 10.0. The van der Waals surface area contributed by atoms with Gasteiger partial charge in [-0.2, -0.15) is 0 Å². The van der Waals surface area contributed by atoms with E-state index in [0.29, 0.717) is 5.56 Å². The summed E-state index contributed by atoms with van der Waals surface area (Å²) in [5.74, 6) is 0.782. The quantitative estimate of drug-likeness (QED) is 0.576. The van der Waals surface area contributed by atoms with E-state index in [1.165, 1.54) is 0 Å². The number of fused-ring (bicyclic) bond motifs is 1. The number of aromatic amines is 1. The van der Waals surface area contributed by atoms with Crippen molar-refractivity contribution in [3.63, 3.8) is 0 Å². The molecule has 112 valence electrons. The predicted molar refractivity (Wildman–Crippen MR) is 86.4 cm³/mol. The van der Waals surface area contributed by atoms with Crippen molar-refractivity contribution < 1.29 is 9.66 Å². The van der Waals surface area contributed by atoms with Crippen molar-refractivity contribution in [3.05, 3.63) is 57.8 Å². The Labute approximate surface area is 127 Å². The zero-order chi connectivity index (χ0) is 15.9. The van der Waals surface area contributed by atoms with Gasteiger partial charge in [0.2, 0.25) is 0 Å². The first-order valence-corrected chi connectivity index (χ1v) is 6.93. The van der Waals surface area contributed by atoms with Crippen LogP contribution in [-0.2, 0) is 0 Å². The van der Waals surface area contributed by atoms with Crippen molar-refractivity contribution in [2.24, 2.45) is 0 Å². The summed E-state index contributed by atoms with van der Waals surface area (Å²) in [6.45, 7) is 3.74. The third-order valence-electron chi connectivity index (χ3n) is 3.95. The summed E-state index contributed by atoms with van der Waals surface area (Å²) in [6, 6.07) is 11.2. The van der Waals surface area contributed by atoms with E-state index in [0.717, 1.165) is 33.5 Å². The fraction of sp³-hybridized carbons (Fsp3) is 0.176. The largest absolute Gasteiger partial charge is 0.497 e. The predicted octanol–water partition coefficient (Wildman–Crippen LogP) is 4.37. The van der Waals surface area contributed by atoms with Crippen molar-refractivity contribution in [1.29, 1.82) is 0 Å². The Kier molecular flexibility index (Phi) is 3.33. The Hall–Kier alpha value is -2.82. The summed E-state index contributed by atoms with van der Waals surface area (Å²) in [5, 5.41) is 12.1. The number of nitro groups is 1. The van der Waals surface area contributed by atoms with Gasteiger partial charge in [-0.3, -0.25) is 10.1 Å². The van der Waals surface area contributed by atoms with Crippen LogP contribution in [0, 0.1) is 24.0 Å². The zero-order valence-electron chi connectivity index (χ0n) is 12.6. The number of aryl methyl sites for hydroxylation is 2. The first kappa shape index (κ1) is 14.1. The van der Waals surface area contributed by atoms with Gasteiger partial charge in [0.15, 0.2) is 0 Å². The van der Waals surface area contributed by atoms with Crippen molar-refractivity contribution in [2.45, 2.75) is 13.8 Å². The second-order valence-electron chi connectivity index (χ2n) is 5.25. The SMILES string of the molecule is COc1cccc(-c2c(C)[nH]c3c(C)c([N+](=O)[O-])ccc23)c1. The number of benzene rings is 2. The molecule has 0 saturated carbocycles. The van der Waals surface area contributed by atoms with Gasteiger partial charge >= 0.3 is 0 Å². The third-order valence-corrected chi connectivity index (χ3v) is 3.95. The van der Waals surface area contributed by atoms with E-state index in [4.69, 9.17) is 4.74 Å². The Morgan fingerprint density at radius 3 is 2.64 bits per heavy atom. The minimum atomic E-state index is -0.351. The minimum Gasteiger partial charge on any atom is -0.497 e. The Balaban J connectivity index is 2.29. The van der Waals surface area contributed by atoms with Crippen molar-refractivity contribution in [3.8, 4) is 16.9 Å². The van der Waals surface area contributed by atoms with Gasteiger partial charge in [0.25, 0.3) is 5.69 Å². The number of nitrogens with one attached hydrogen (secondary N) is 1. The fourth-order valence-electron chi connectivity index (χ4n) is 2.87. The van der Waals surface area contributed by atoms with Crippen LogP contribution in [0.3, 0.4) is 0 Å². The molecule has 22 heavy (non-hydrogen) atoms. The monoisotopic (exact) mass is 296 g/mol. The molecule has 0 aliphatic carbocycles. The average Bonchev–Trinajstić information content (AvgIpc) is 2.84. The van der Waals surface area contributed by atoms with Gasteiger partial charge in [-0.25, -0.2) is 0 Å². The molecule has 0 aliphatic rings. The Morgan fingerprint density at radius 2 is 1.95 bits per heavy atom. The van der Waals surface area contributed by atoms with E-state index < -0.39 is 0 Å². The van der Waals surface area contributed by atoms with Crippen molar-refractivity contribution in [1.82, 2.24) is 4.98 Å². The zero-order valence-corrected chi connectivity index (χ0v) is 12.6. The minimum absolute atomic E-state index is 0.131. The lowest BCUT2D eigenvalue weighted by molar-refractivity contribution is -0.385. The fourth-order valence-corrected chi connectivity index (χ4v) is 2.87. The number of hydrogen-bond acceptors (Lipinski definition) is 3. The summed E-state index contributed by atoms with van der Waals surface area (Å²) in [6.07, 6.45) is 0. The molecule has 0 aliphatic heterocycles. The van der Waals surface area contributed by atoms with Crippen LogP contribution in [0.1, 0.15) is 11.3 Å². The van der Waals surface area contributed by atoms with E-state index in [9.17, 15) is 10.1 Å². The van der Waals surface area contributed by atoms with Crippen molar-refractivity contribution in [2.75, 3.05) is 7.11 Å². The molecule has 0 radical (unpaired) electrons. The number of H-pyrrole nitrogens is 1. The number of rotatable bonds is 3. The van der Waals surface area contributed by atoms with Crippen LogP contribution in [0.2, 0.25) is 0 Å². The molecule has 5 nitrogen and oxygen atoms in total. The highest BCUT2D eigenvalue weighted by Gasteiger charge is 2.18. The van der Waals surface area contributed by atoms with E-state index >= 15 is 0 Å². The molecule has 1 aromatic heterocycles. The van der Waals surface area contributed by atoms with Crippen LogP contribution in [0.4, 0.5) is 5.69 Å². The van der Waals surface area contributed by atoms with Gasteiger partial charge in [0.1, 0.15) is 5.75 Å². The van der Waals surface area contributed by atoms with Gasteiger partial charge < -0.3 is 9.72 Å². The molecular weight excluding hydrogens is 280 g/mol. The second kappa shape index (κ2) is 5.18. The molecule has 3 aromatic rings. The molecule has 0 atom stereocenters. The van der Waals surface area contributed by atoms with E-state index in [1.807, 2.05) is 31.2 Å². The standard InChI is InChI=1S/C17H16N2O3/c1-10-15(19(20)21)8-7-14-16(11(2)18-17(10)14)12-5-4-6-13(9-12)22-3/h4-9,18H,1-3H3. The summed E-state index contributed by atoms with van der Waals surface area (Å²) in [4.78, 5) is 14.0.